The van der Waals surface area contributed by atoms with Crippen LogP contribution in [0.3, 0.4) is 0 Å². The fraction of sp³-hybridized carbons (Fsp3) is 1.00. The van der Waals surface area contributed by atoms with Gasteiger partial charge in [-0.25, -0.2) is 0 Å². The molecule has 0 aliphatic rings. The zero-order valence-corrected chi connectivity index (χ0v) is 17.8. The van der Waals surface area contributed by atoms with Crippen LogP contribution in [0.1, 0.15) is 48.5 Å². The van der Waals surface area contributed by atoms with Gasteiger partial charge in [-0.2, -0.15) is 39.5 Å². The Kier molecular flexibility index (Phi) is 7.87. The van der Waals surface area contributed by atoms with Gasteiger partial charge in [-0.15, -0.1) is 13.2 Å². The molecule has 0 rings (SSSR count). The summed E-state index contributed by atoms with van der Waals surface area (Å²) >= 11 is 0. The maximum Gasteiger partial charge on any atom is 0.523 e. The average Bonchev–Trinajstić information content (AvgIpc) is 2.39. The maximum absolute atomic E-state index is 14.6. The molecule has 0 aromatic rings. The average molecular weight is 500 g/mol. The first-order valence-corrected chi connectivity index (χ1v) is 8.53. The molecule has 0 aliphatic carbocycles. The molecule has 0 spiro atoms. The molecular weight excluding hydrogens is 479 g/mol. The number of rotatable bonds is 9. The molecule has 0 saturated carbocycles. The summed E-state index contributed by atoms with van der Waals surface area (Å²) < 4.78 is 172. The van der Waals surface area contributed by atoms with Gasteiger partial charge in [-0.05, 0) is 41.5 Å². The Morgan fingerprint density at radius 2 is 0.812 bits per heavy atom. The Hall–Kier alpha value is -0.895. The Morgan fingerprint density at radius 1 is 0.469 bits per heavy atom. The highest BCUT2D eigenvalue weighted by atomic mass is 19.4. The van der Waals surface area contributed by atoms with Crippen LogP contribution in [0.15, 0.2) is 0 Å². The van der Waals surface area contributed by atoms with Crippen LogP contribution in [-0.4, -0.2) is 55.3 Å². The highest BCUT2D eigenvalue weighted by Gasteiger charge is 2.74. The zero-order valence-electron chi connectivity index (χ0n) is 17.8. The molecule has 1 unspecified atom stereocenters. The molecule has 0 aliphatic heterocycles. The van der Waals surface area contributed by atoms with Crippen molar-refractivity contribution in [1.82, 2.24) is 0 Å². The minimum atomic E-state index is -6.00. The van der Waals surface area contributed by atoms with Gasteiger partial charge in [-0.3, -0.25) is 4.74 Å². The summed E-state index contributed by atoms with van der Waals surface area (Å²) in [7, 11) is 5.15. The molecule has 0 bridgehead atoms. The van der Waals surface area contributed by atoms with E-state index in [4.69, 9.17) is 7.85 Å². The smallest absolute Gasteiger partial charge is 0.312 e. The lowest BCUT2D eigenvalue weighted by Gasteiger charge is -2.51. The molecule has 16 heteroatoms. The summed E-state index contributed by atoms with van der Waals surface area (Å²) in [5.41, 5.74) is -10.7. The van der Waals surface area contributed by atoms with Gasteiger partial charge in [0.25, 0.3) is 0 Å². The second-order valence-electron chi connectivity index (χ2n) is 8.59. The highest BCUT2D eigenvalue weighted by molar-refractivity contribution is 6.16. The normalized spacial score (nSPS) is 18.0. The lowest BCUT2D eigenvalue weighted by molar-refractivity contribution is -0.451. The van der Waals surface area contributed by atoms with Gasteiger partial charge in [0.05, 0.1) is 13.4 Å². The van der Waals surface area contributed by atoms with E-state index in [0.29, 0.717) is 13.8 Å². The maximum atomic E-state index is 14.6. The number of halogens is 12. The molecule has 2 radical (unpaired) electrons. The fourth-order valence-corrected chi connectivity index (χ4v) is 2.02. The van der Waals surface area contributed by atoms with Crippen LogP contribution in [0.4, 0.5) is 52.7 Å². The van der Waals surface area contributed by atoms with Gasteiger partial charge in [0, 0.05) is 5.31 Å². The van der Waals surface area contributed by atoms with Crippen molar-refractivity contribution < 1.29 is 66.9 Å². The topological polar surface area (TPSA) is 27.7 Å². The van der Waals surface area contributed by atoms with Crippen LogP contribution in [0, 0.1) is 0 Å². The highest BCUT2D eigenvalue weighted by Crippen LogP contribution is 2.60. The van der Waals surface area contributed by atoms with Crippen molar-refractivity contribution in [3.8, 4) is 0 Å². The number of hydrogen-bond acceptors (Lipinski definition) is 3. The third-order valence-electron chi connectivity index (χ3n) is 4.79. The van der Waals surface area contributed by atoms with Crippen molar-refractivity contribution in [2.24, 2.45) is 0 Å². The number of hydrogen-bond donors (Lipinski definition) is 0. The standard InChI is InChI=1S/C16H21BF12O3/c1-8(2,30-14(23,24)10(5,6)32-16(27,28)29)11(7,17)12(18,19)15(25,26)31-9(3,4)13(20,21)22/h1-7H3. The SMILES string of the molecule is [B]C(C)(C(C)(C)OC(F)(F)C(C)(C)OC(F)(F)F)C(F)(F)C(F)(F)OC(C)(C)C(F)(F)F. The predicted molar refractivity (Wildman–Crippen MR) is 86.6 cm³/mol. The van der Waals surface area contributed by atoms with Crippen LogP contribution >= 0.6 is 0 Å². The van der Waals surface area contributed by atoms with Crippen molar-refractivity contribution in [3.05, 3.63) is 0 Å². The molecule has 0 fully saturated rings. The van der Waals surface area contributed by atoms with E-state index >= 15 is 0 Å². The van der Waals surface area contributed by atoms with Crippen molar-refractivity contribution in [2.75, 3.05) is 0 Å². The summed E-state index contributed by atoms with van der Waals surface area (Å²) in [5, 5.41) is -3.94. The Bertz CT molecular complexity index is 666. The van der Waals surface area contributed by atoms with E-state index in [1.165, 1.54) is 0 Å². The second-order valence-corrected chi connectivity index (χ2v) is 8.59. The quantitative estimate of drug-likeness (QED) is 0.263. The van der Waals surface area contributed by atoms with Gasteiger partial charge in [0.2, 0.25) is 0 Å². The van der Waals surface area contributed by atoms with Crippen LogP contribution in [-0.2, 0) is 14.2 Å². The molecule has 0 heterocycles. The van der Waals surface area contributed by atoms with E-state index < -0.39 is 52.8 Å². The molecule has 0 N–H and O–H groups in total. The molecule has 0 aromatic heterocycles. The van der Waals surface area contributed by atoms with Gasteiger partial charge >= 0.3 is 30.7 Å². The summed E-state index contributed by atoms with van der Waals surface area (Å²) in [6.45, 7) is 0.930. The van der Waals surface area contributed by atoms with Crippen LogP contribution in [0.2, 0.25) is 5.31 Å². The molecule has 3 nitrogen and oxygen atoms in total. The largest absolute Gasteiger partial charge is 0.523 e. The van der Waals surface area contributed by atoms with E-state index in [9.17, 15) is 52.7 Å². The van der Waals surface area contributed by atoms with Crippen molar-refractivity contribution in [2.45, 2.75) is 101 Å². The molecule has 0 aromatic carbocycles. The second kappa shape index (κ2) is 8.10. The summed E-state index contributed by atoms with van der Waals surface area (Å²) in [5.74, 6) is -5.82. The molecule has 1 atom stereocenters. The Balaban J connectivity index is 6.18. The minimum Gasteiger partial charge on any atom is -0.312 e. The van der Waals surface area contributed by atoms with E-state index in [0.717, 1.165) is 0 Å². The lowest BCUT2D eigenvalue weighted by Crippen LogP contribution is -2.64. The minimum absolute atomic E-state index is 0.00234. The monoisotopic (exact) mass is 500 g/mol. The molecule has 0 amide bonds. The van der Waals surface area contributed by atoms with Crippen molar-refractivity contribution in [1.29, 1.82) is 0 Å². The van der Waals surface area contributed by atoms with E-state index in [2.05, 4.69) is 14.2 Å². The predicted octanol–water partition coefficient (Wildman–Crippen LogP) is 6.62. The summed E-state index contributed by atoms with van der Waals surface area (Å²) in [6, 6.07) is 0. The first-order valence-electron chi connectivity index (χ1n) is 8.53. The number of alkyl halides is 12. The van der Waals surface area contributed by atoms with Crippen molar-refractivity contribution >= 4 is 7.85 Å². The Labute approximate surface area is 177 Å². The Morgan fingerprint density at radius 3 is 1.12 bits per heavy atom. The van der Waals surface area contributed by atoms with E-state index in [1.807, 2.05) is 0 Å². The van der Waals surface area contributed by atoms with E-state index in [1.54, 1.807) is 0 Å². The number of ether oxygens (including phenoxy) is 3. The van der Waals surface area contributed by atoms with Crippen LogP contribution in [0.25, 0.3) is 0 Å². The van der Waals surface area contributed by atoms with Crippen molar-refractivity contribution in [3.63, 3.8) is 0 Å². The van der Waals surface area contributed by atoms with Gasteiger partial charge in [-0.1, -0.05) is 6.92 Å². The molecule has 0 saturated heterocycles. The molecular formula is C16H21BF12O3. The van der Waals surface area contributed by atoms with E-state index in [-0.39, 0.29) is 34.6 Å². The van der Waals surface area contributed by atoms with Gasteiger partial charge in [0.15, 0.2) is 11.2 Å². The molecule has 32 heavy (non-hydrogen) atoms. The lowest BCUT2D eigenvalue weighted by atomic mass is 9.56. The fourth-order valence-electron chi connectivity index (χ4n) is 2.02. The van der Waals surface area contributed by atoms with Crippen LogP contribution in [0.5, 0.6) is 0 Å². The third kappa shape index (κ3) is 5.96. The van der Waals surface area contributed by atoms with Gasteiger partial charge < -0.3 is 9.47 Å². The molecule has 190 valence electrons. The van der Waals surface area contributed by atoms with Crippen LogP contribution < -0.4 is 0 Å². The zero-order chi connectivity index (χ0) is 26.6. The third-order valence-corrected chi connectivity index (χ3v) is 4.79. The first kappa shape index (κ1) is 31.1. The summed E-state index contributed by atoms with van der Waals surface area (Å²) in [4.78, 5) is 0. The summed E-state index contributed by atoms with van der Waals surface area (Å²) in [6.07, 6.45) is -22.3. The first-order chi connectivity index (χ1) is 13.4. The van der Waals surface area contributed by atoms with Gasteiger partial charge in [0.1, 0.15) is 0 Å².